The van der Waals surface area contributed by atoms with Crippen molar-refractivity contribution in [3.63, 3.8) is 0 Å². The average Bonchev–Trinajstić information content (AvgIpc) is 2.47. The third-order valence-corrected chi connectivity index (χ3v) is 4.68. The van der Waals surface area contributed by atoms with Crippen LogP contribution in [0.4, 0.5) is 5.69 Å². The van der Waals surface area contributed by atoms with Crippen molar-refractivity contribution in [2.24, 2.45) is 5.73 Å². The summed E-state index contributed by atoms with van der Waals surface area (Å²) >= 11 is 0. The van der Waals surface area contributed by atoms with Crippen LogP contribution in [0, 0.1) is 0 Å². The van der Waals surface area contributed by atoms with Crippen LogP contribution >= 0.6 is 0 Å². The molecule has 0 atom stereocenters. The fourth-order valence-electron chi connectivity index (χ4n) is 2.10. The van der Waals surface area contributed by atoms with Crippen molar-refractivity contribution in [1.82, 2.24) is 0 Å². The molecule has 0 aromatic heterocycles. The number of benzene rings is 2. The largest absolute Gasteiger partial charge is 0.326 e. The number of para-hydroxylation sites is 1. The normalized spacial score (nSPS) is 11.6. The van der Waals surface area contributed by atoms with E-state index in [-0.39, 0.29) is 10.8 Å². The van der Waals surface area contributed by atoms with E-state index in [1.54, 1.807) is 30.3 Å². The van der Waals surface area contributed by atoms with Gasteiger partial charge in [-0.1, -0.05) is 44.2 Å². The van der Waals surface area contributed by atoms with Gasteiger partial charge in [0.15, 0.2) is 0 Å². The molecule has 0 radical (unpaired) electrons. The minimum Gasteiger partial charge on any atom is -0.326 e. The predicted octanol–water partition coefficient (Wildman–Crippen LogP) is 3.07. The fourth-order valence-corrected chi connectivity index (χ4v) is 3.19. The molecule has 0 spiro atoms. The van der Waals surface area contributed by atoms with Crippen molar-refractivity contribution in [2.75, 3.05) is 4.72 Å². The van der Waals surface area contributed by atoms with Crippen LogP contribution in [-0.4, -0.2) is 8.42 Å². The Morgan fingerprint density at radius 1 is 1.05 bits per heavy atom. The molecule has 0 saturated heterocycles. The Hall–Kier alpha value is -1.85. The molecule has 21 heavy (non-hydrogen) atoms. The molecule has 0 heterocycles. The Bertz CT molecular complexity index is 707. The van der Waals surface area contributed by atoms with E-state index >= 15 is 0 Å². The van der Waals surface area contributed by atoms with Gasteiger partial charge in [0.05, 0.1) is 10.6 Å². The summed E-state index contributed by atoms with van der Waals surface area (Å²) in [6.07, 6.45) is 0. The van der Waals surface area contributed by atoms with Gasteiger partial charge in [-0.05, 0) is 35.2 Å². The van der Waals surface area contributed by atoms with Crippen LogP contribution in [-0.2, 0) is 16.6 Å². The summed E-state index contributed by atoms with van der Waals surface area (Å²) in [7, 11) is -3.59. The maximum absolute atomic E-state index is 12.4. The number of rotatable bonds is 5. The van der Waals surface area contributed by atoms with Gasteiger partial charge in [0.2, 0.25) is 0 Å². The van der Waals surface area contributed by atoms with Crippen LogP contribution in [0.25, 0.3) is 0 Å². The van der Waals surface area contributed by atoms with E-state index in [0.29, 0.717) is 12.2 Å². The molecule has 2 rings (SSSR count). The van der Waals surface area contributed by atoms with Gasteiger partial charge in [0, 0.05) is 6.54 Å². The Kier molecular flexibility index (Phi) is 4.65. The molecule has 3 N–H and O–H groups in total. The molecule has 0 aliphatic heterocycles. The molecule has 2 aromatic rings. The first kappa shape index (κ1) is 15.5. The van der Waals surface area contributed by atoms with Crippen LogP contribution in [0.15, 0.2) is 53.4 Å². The monoisotopic (exact) mass is 304 g/mol. The lowest BCUT2D eigenvalue weighted by molar-refractivity contribution is 0.601. The quantitative estimate of drug-likeness (QED) is 0.891. The van der Waals surface area contributed by atoms with E-state index in [1.165, 1.54) is 0 Å². The summed E-state index contributed by atoms with van der Waals surface area (Å²) in [4.78, 5) is 0.234. The maximum Gasteiger partial charge on any atom is 0.261 e. The number of sulfonamides is 1. The standard InChI is InChI=1S/C16H20N2O2S/c1-12(2)15-5-3-4-6-16(15)18-21(19,20)14-9-7-13(11-17)8-10-14/h3-10,12,18H,11,17H2,1-2H3. The third kappa shape index (κ3) is 3.62. The van der Waals surface area contributed by atoms with Crippen molar-refractivity contribution in [2.45, 2.75) is 31.2 Å². The Morgan fingerprint density at radius 3 is 2.24 bits per heavy atom. The van der Waals surface area contributed by atoms with Crippen molar-refractivity contribution < 1.29 is 8.42 Å². The summed E-state index contributed by atoms with van der Waals surface area (Å²) in [5, 5.41) is 0. The lowest BCUT2D eigenvalue weighted by atomic mass is 10.0. The topological polar surface area (TPSA) is 72.2 Å². The summed E-state index contributed by atoms with van der Waals surface area (Å²) in [5.41, 5.74) is 8.01. The minimum absolute atomic E-state index is 0.234. The van der Waals surface area contributed by atoms with Gasteiger partial charge in [-0.2, -0.15) is 0 Å². The van der Waals surface area contributed by atoms with E-state index in [4.69, 9.17) is 5.73 Å². The summed E-state index contributed by atoms with van der Waals surface area (Å²) in [5.74, 6) is 0.239. The Balaban J connectivity index is 2.33. The van der Waals surface area contributed by atoms with E-state index in [0.717, 1.165) is 11.1 Å². The number of hydrogen-bond donors (Lipinski definition) is 2. The zero-order chi connectivity index (χ0) is 15.5. The highest BCUT2D eigenvalue weighted by Crippen LogP contribution is 2.26. The maximum atomic E-state index is 12.4. The van der Waals surface area contributed by atoms with Gasteiger partial charge in [-0.3, -0.25) is 4.72 Å². The van der Waals surface area contributed by atoms with Gasteiger partial charge in [-0.25, -0.2) is 8.42 Å². The molecule has 0 amide bonds. The SMILES string of the molecule is CC(C)c1ccccc1NS(=O)(=O)c1ccc(CN)cc1. The third-order valence-electron chi connectivity index (χ3n) is 3.30. The highest BCUT2D eigenvalue weighted by Gasteiger charge is 2.16. The smallest absolute Gasteiger partial charge is 0.261 e. The number of anilines is 1. The van der Waals surface area contributed by atoms with Gasteiger partial charge < -0.3 is 5.73 Å². The van der Waals surface area contributed by atoms with E-state index in [2.05, 4.69) is 4.72 Å². The zero-order valence-electron chi connectivity index (χ0n) is 12.2. The second kappa shape index (κ2) is 6.28. The Morgan fingerprint density at radius 2 is 1.67 bits per heavy atom. The molecule has 0 aliphatic carbocycles. The molecule has 112 valence electrons. The van der Waals surface area contributed by atoms with Crippen molar-refractivity contribution in [3.05, 3.63) is 59.7 Å². The lowest BCUT2D eigenvalue weighted by Gasteiger charge is -2.15. The molecular formula is C16H20N2O2S. The van der Waals surface area contributed by atoms with E-state index in [1.807, 2.05) is 32.0 Å². The van der Waals surface area contributed by atoms with Crippen LogP contribution in [0.1, 0.15) is 30.9 Å². The zero-order valence-corrected chi connectivity index (χ0v) is 13.0. The molecule has 0 unspecified atom stereocenters. The van der Waals surface area contributed by atoms with Crippen LogP contribution in [0.3, 0.4) is 0 Å². The van der Waals surface area contributed by atoms with Gasteiger partial charge >= 0.3 is 0 Å². The Labute approximate surface area is 126 Å². The molecule has 0 fully saturated rings. The van der Waals surface area contributed by atoms with Crippen molar-refractivity contribution >= 4 is 15.7 Å². The molecule has 5 heteroatoms. The van der Waals surface area contributed by atoms with Crippen molar-refractivity contribution in [1.29, 1.82) is 0 Å². The first-order chi connectivity index (χ1) is 9.94. The second-order valence-electron chi connectivity index (χ2n) is 5.20. The average molecular weight is 304 g/mol. The van der Waals surface area contributed by atoms with Crippen LogP contribution in [0.5, 0.6) is 0 Å². The summed E-state index contributed by atoms with van der Waals surface area (Å²) in [6.45, 7) is 4.45. The molecule has 0 aliphatic rings. The molecule has 2 aromatic carbocycles. The van der Waals surface area contributed by atoms with Crippen molar-refractivity contribution in [3.8, 4) is 0 Å². The minimum atomic E-state index is -3.59. The number of nitrogens with two attached hydrogens (primary N) is 1. The molecule has 0 bridgehead atoms. The fraction of sp³-hybridized carbons (Fsp3) is 0.250. The summed E-state index contributed by atoms with van der Waals surface area (Å²) < 4.78 is 27.5. The van der Waals surface area contributed by atoms with Gasteiger partial charge in [-0.15, -0.1) is 0 Å². The predicted molar refractivity (Wildman–Crippen MR) is 85.7 cm³/mol. The number of nitrogens with one attached hydrogen (secondary N) is 1. The summed E-state index contributed by atoms with van der Waals surface area (Å²) in [6, 6.07) is 14.0. The number of hydrogen-bond acceptors (Lipinski definition) is 3. The van der Waals surface area contributed by atoms with Crippen LogP contribution < -0.4 is 10.5 Å². The highest BCUT2D eigenvalue weighted by atomic mass is 32.2. The molecule has 0 saturated carbocycles. The van der Waals surface area contributed by atoms with Gasteiger partial charge in [0.1, 0.15) is 0 Å². The highest BCUT2D eigenvalue weighted by molar-refractivity contribution is 7.92. The molecule has 4 nitrogen and oxygen atoms in total. The molecular weight excluding hydrogens is 284 g/mol. The first-order valence-electron chi connectivity index (χ1n) is 6.85. The van der Waals surface area contributed by atoms with Crippen LogP contribution in [0.2, 0.25) is 0 Å². The van der Waals surface area contributed by atoms with Gasteiger partial charge in [0.25, 0.3) is 10.0 Å². The second-order valence-corrected chi connectivity index (χ2v) is 6.88. The van der Waals surface area contributed by atoms with E-state index in [9.17, 15) is 8.42 Å². The lowest BCUT2D eigenvalue weighted by Crippen LogP contribution is -2.14. The van der Waals surface area contributed by atoms with E-state index < -0.39 is 10.0 Å². The first-order valence-corrected chi connectivity index (χ1v) is 8.33.